The van der Waals surface area contributed by atoms with Gasteiger partial charge >= 0.3 is 0 Å². The number of hydrogen-bond acceptors (Lipinski definition) is 2. The Labute approximate surface area is 98.8 Å². The molecule has 1 aliphatic carbocycles. The summed E-state index contributed by atoms with van der Waals surface area (Å²) in [7, 11) is 0. The lowest BCUT2D eigenvalue weighted by molar-refractivity contribution is 0.314. The molecule has 0 radical (unpaired) electrons. The first-order valence-electron chi connectivity index (χ1n) is 6.71. The predicted octanol–water partition coefficient (Wildman–Crippen LogP) is 3.30. The van der Waals surface area contributed by atoms with Gasteiger partial charge in [-0.3, -0.25) is 0 Å². The standard InChI is InChI=1S/C13H25NS/c1-2-14-13(12-7-8-15-10-12)9-11-5-3-4-6-11/h11-14H,2-10H2,1H3. The van der Waals surface area contributed by atoms with E-state index in [1.807, 2.05) is 0 Å². The van der Waals surface area contributed by atoms with Crippen LogP contribution in [-0.4, -0.2) is 24.1 Å². The van der Waals surface area contributed by atoms with Crippen molar-refractivity contribution in [3.63, 3.8) is 0 Å². The third-order valence-corrected chi connectivity index (χ3v) is 5.25. The molecule has 2 rings (SSSR count). The molecule has 1 aliphatic heterocycles. The number of thioether (sulfide) groups is 1. The summed E-state index contributed by atoms with van der Waals surface area (Å²) in [6.07, 6.45) is 8.89. The zero-order chi connectivity index (χ0) is 10.5. The van der Waals surface area contributed by atoms with Crippen LogP contribution in [0, 0.1) is 11.8 Å². The summed E-state index contributed by atoms with van der Waals surface area (Å²) in [4.78, 5) is 0. The van der Waals surface area contributed by atoms with Gasteiger partial charge in [-0.15, -0.1) is 0 Å². The summed E-state index contributed by atoms with van der Waals surface area (Å²) >= 11 is 2.15. The van der Waals surface area contributed by atoms with Gasteiger partial charge in [0, 0.05) is 6.04 Å². The highest BCUT2D eigenvalue weighted by atomic mass is 32.2. The van der Waals surface area contributed by atoms with Crippen molar-refractivity contribution in [3.05, 3.63) is 0 Å². The third-order valence-electron chi connectivity index (χ3n) is 4.06. The Morgan fingerprint density at radius 1 is 1.27 bits per heavy atom. The van der Waals surface area contributed by atoms with Gasteiger partial charge in [0.25, 0.3) is 0 Å². The normalized spacial score (nSPS) is 29.8. The minimum Gasteiger partial charge on any atom is -0.314 e. The molecule has 88 valence electrons. The first-order valence-corrected chi connectivity index (χ1v) is 7.86. The molecule has 1 nitrogen and oxygen atoms in total. The molecule has 2 unspecified atom stereocenters. The first kappa shape index (κ1) is 11.8. The average Bonchev–Trinajstić information content (AvgIpc) is 2.89. The van der Waals surface area contributed by atoms with Gasteiger partial charge in [0.2, 0.25) is 0 Å². The van der Waals surface area contributed by atoms with Crippen LogP contribution in [0.2, 0.25) is 0 Å². The zero-order valence-corrected chi connectivity index (χ0v) is 10.8. The SMILES string of the molecule is CCNC(CC1CCCC1)C1CCSC1. The molecule has 2 heteroatoms. The quantitative estimate of drug-likeness (QED) is 0.773. The summed E-state index contributed by atoms with van der Waals surface area (Å²) in [5.74, 6) is 4.82. The van der Waals surface area contributed by atoms with E-state index in [4.69, 9.17) is 0 Å². The fourth-order valence-corrected chi connectivity index (χ4v) is 4.52. The largest absolute Gasteiger partial charge is 0.314 e. The van der Waals surface area contributed by atoms with Crippen LogP contribution < -0.4 is 5.32 Å². The van der Waals surface area contributed by atoms with Crippen molar-refractivity contribution < 1.29 is 0 Å². The van der Waals surface area contributed by atoms with E-state index in [1.165, 1.54) is 50.0 Å². The van der Waals surface area contributed by atoms with Crippen molar-refractivity contribution in [1.82, 2.24) is 5.32 Å². The van der Waals surface area contributed by atoms with Crippen LogP contribution in [0.4, 0.5) is 0 Å². The molecule has 1 N–H and O–H groups in total. The minimum atomic E-state index is 0.827. The molecule has 2 aliphatic rings. The maximum atomic E-state index is 3.74. The van der Waals surface area contributed by atoms with Crippen molar-refractivity contribution in [2.24, 2.45) is 11.8 Å². The van der Waals surface area contributed by atoms with E-state index in [9.17, 15) is 0 Å². The molecule has 0 bridgehead atoms. The van der Waals surface area contributed by atoms with E-state index in [0.29, 0.717) is 0 Å². The molecule has 0 spiro atoms. The lowest BCUT2D eigenvalue weighted by Gasteiger charge is -2.26. The van der Waals surface area contributed by atoms with Crippen molar-refractivity contribution in [3.8, 4) is 0 Å². The number of rotatable bonds is 5. The van der Waals surface area contributed by atoms with E-state index in [-0.39, 0.29) is 0 Å². The maximum Gasteiger partial charge on any atom is 0.0106 e. The molecule has 2 fully saturated rings. The Morgan fingerprint density at radius 2 is 2.07 bits per heavy atom. The van der Waals surface area contributed by atoms with Crippen molar-refractivity contribution >= 4 is 11.8 Å². The summed E-state index contributed by atoms with van der Waals surface area (Å²) < 4.78 is 0. The molecule has 1 saturated heterocycles. The second-order valence-corrected chi connectivity index (χ2v) is 6.32. The lowest BCUT2D eigenvalue weighted by Crippen LogP contribution is -2.37. The fourth-order valence-electron chi connectivity index (χ4n) is 3.18. The molecule has 0 amide bonds. The number of hydrogen-bond donors (Lipinski definition) is 1. The van der Waals surface area contributed by atoms with E-state index < -0.39 is 0 Å². The molecule has 0 aromatic rings. The molecule has 1 heterocycles. The van der Waals surface area contributed by atoms with Gasteiger partial charge in [-0.05, 0) is 42.7 Å². The highest BCUT2D eigenvalue weighted by Crippen LogP contribution is 2.34. The Kier molecular flexibility index (Phi) is 4.83. The van der Waals surface area contributed by atoms with E-state index in [1.54, 1.807) is 0 Å². The van der Waals surface area contributed by atoms with Crippen LogP contribution in [0.5, 0.6) is 0 Å². The van der Waals surface area contributed by atoms with Crippen LogP contribution in [0.3, 0.4) is 0 Å². The molecular weight excluding hydrogens is 202 g/mol. The summed E-state index contributed by atoms with van der Waals surface area (Å²) in [6.45, 7) is 3.41. The first-order chi connectivity index (χ1) is 7.40. The van der Waals surface area contributed by atoms with Gasteiger partial charge in [-0.2, -0.15) is 11.8 Å². The topological polar surface area (TPSA) is 12.0 Å². The van der Waals surface area contributed by atoms with Crippen LogP contribution in [-0.2, 0) is 0 Å². The molecule has 0 aromatic carbocycles. The van der Waals surface area contributed by atoms with Crippen molar-refractivity contribution in [2.75, 3.05) is 18.1 Å². The van der Waals surface area contributed by atoms with E-state index in [0.717, 1.165) is 24.4 Å². The molecule has 1 saturated carbocycles. The predicted molar refractivity (Wildman–Crippen MR) is 69.5 cm³/mol. The molecule has 2 atom stereocenters. The second-order valence-electron chi connectivity index (χ2n) is 5.17. The Balaban J connectivity index is 1.81. The Hall–Kier alpha value is 0.310. The van der Waals surface area contributed by atoms with Crippen LogP contribution in [0.25, 0.3) is 0 Å². The number of nitrogens with one attached hydrogen (secondary N) is 1. The summed E-state index contributed by atoms with van der Waals surface area (Å²) in [5, 5.41) is 3.74. The Bertz CT molecular complexity index is 171. The van der Waals surface area contributed by atoms with E-state index in [2.05, 4.69) is 24.0 Å². The molecule has 15 heavy (non-hydrogen) atoms. The monoisotopic (exact) mass is 227 g/mol. The van der Waals surface area contributed by atoms with Crippen LogP contribution in [0.1, 0.15) is 45.4 Å². The van der Waals surface area contributed by atoms with Gasteiger partial charge in [0.1, 0.15) is 0 Å². The van der Waals surface area contributed by atoms with Gasteiger partial charge in [0.15, 0.2) is 0 Å². The zero-order valence-electron chi connectivity index (χ0n) is 10.0. The highest BCUT2D eigenvalue weighted by Gasteiger charge is 2.28. The highest BCUT2D eigenvalue weighted by molar-refractivity contribution is 7.99. The maximum absolute atomic E-state index is 3.74. The molecule has 0 aromatic heterocycles. The lowest BCUT2D eigenvalue weighted by atomic mass is 9.89. The Morgan fingerprint density at radius 3 is 2.67 bits per heavy atom. The minimum absolute atomic E-state index is 0.827. The van der Waals surface area contributed by atoms with Crippen LogP contribution in [0.15, 0.2) is 0 Å². The summed E-state index contributed by atoms with van der Waals surface area (Å²) in [6, 6.07) is 0.827. The third kappa shape index (κ3) is 3.39. The fraction of sp³-hybridized carbons (Fsp3) is 1.00. The van der Waals surface area contributed by atoms with Crippen LogP contribution >= 0.6 is 11.8 Å². The van der Waals surface area contributed by atoms with Gasteiger partial charge in [-0.25, -0.2) is 0 Å². The van der Waals surface area contributed by atoms with Gasteiger partial charge in [0.05, 0.1) is 0 Å². The summed E-state index contributed by atoms with van der Waals surface area (Å²) in [5.41, 5.74) is 0. The van der Waals surface area contributed by atoms with Gasteiger partial charge < -0.3 is 5.32 Å². The van der Waals surface area contributed by atoms with E-state index >= 15 is 0 Å². The van der Waals surface area contributed by atoms with Crippen molar-refractivity contribution in [2.45, 2.75) is 51.5 Å². The second kappa shape index (κ2) is 6.15. The van der Waals surface area contributed by atoms with Crippen molar-refractivity contribution in [1.29, 1.82) is 0 Å². The van der Waals surface area contributed by atoms with Gasteiger partial charge in [-0.1, -0.05) is 32.6 Å². The smallest absolute Gasteiger partial charge is 0.0106 e. The average molecular weight is 227 g/mol. The molecular formula is C13H25NS.